The normalized spacial score (nSPS) is 14.8. The van der Waals surface area contributed by atoms with Gasteiger partial charge in [-0.3, -0.25) is 4.79 Å². The van der Waals surface area contributed by atoms with Crippen molar-refractivity contribution in [2.24, 2.45) is 0 Å². The molecule has 0 saturated carbocycles. The number of nitrogen functional groups attached to an aromatic ring is 1. The Hall–Kier alpha value is -4.40. The highest BCUT2D eigenvalue weighted by atomic mass is 16.5. The second-order valence-electron chi connectivity index (χ2n) is 7.55. The molecular weight excluding hydrogens is 420 g/mol. The van der Waals surface area contributed by atoms with Crippen LogP contribution in [0.15, 0.2) is 61.4 Å². The van der Waals surface area contributed by atoms with Crippen LogP contribution in [0.5, 0.6) is 11.5 Å². The van der Waals surface area contributed by atoms with E-state index in [0.717, 1.165) is 16.8 Å². The number of para-hydroxylation sites is 1. The average Bonchev–Trinajstić information content (AvgIpc) is 3.43. The molecule has 1 amide bonds. The molecule has 0 saturated heterocycles. The summed E-state index contributed by atoms with van der Waals surface area (Å²) in [6.45, 7) is 4.04. The molecule has 1 atom stereocenters. The Labute approximate surface area is 190 Å². The van der Waals surface area contributed by atoms with Gasteiger partial charge in [0.25, 0.3) is 0 Å². The van der Waals surface area contributed by atoms with Crippen LogP contribution in [0.4, 0.5) is 11.5 Å². The van der Waals surface area contributed by atoms with Gasteiger partial charge in [0.2, 0.25) is 5.91 Å². The summed E-state index contributed by atoms with van der Waals surface area (Å²) in [4.78, 5) is 22.9. The van der Waals surface area contributed by atoms with Crippen molar-refractivity contribution in [2.75, 3.05) is 31.4 Å². The van der Waals surface area contributed by atoms with Crippen LogP contribution in [0, 0.1) is 0 Å². The second kappa shape index (κ2) is 7.94. The van der Waals surface area contributed by atoms with Crippen molar-refractivity contribution in [3.05, 3.63) is 67.0 Å². The largest absolute Gasteiger partial charge is 0.493 e. The Morgan fingerprint density at radius 1 is 1.15 bits per heavy atom. The molecule has 9 heteroatoms. The second-order valence-corrected chi connectivity index (χ2v) is 7.55. The van der Waals surface area contributed by atoms with Gasteiger partial charge in [-0.2, -0.15) is 5.10 Å². The molecule has 2 aromatic heterocycles. The number of carbonyl (C=O) groups excluding carboxylic acids is 1. The van der Waals surface area contributed by atoms with Crippen LogP contribution in [-0.4, -0.2) is 46.4 Å². The minimum atomic E-state index is -0.254. The van der Waals surface area contributed by atoms with E-state index in [0.29, 0.717) is 40.6 Å². The van der Waals surface area contributed by atoms with Crippen LogP contribution < -0.4 is 20.1 Å². The van der Waals surface area contributed by atoms with Crippen molar-refractivity contribution in [3.8, 4) is 22.8 Å². The Morgan fingerprint density at radius 3 is 2.70 bits per heavy atom. The molecule has 3 heterocycles. The molecule has 1 unspecified atom stereocenters. The highest BCUT2D eigenvalue weighted by molar-refractivity contribution is 6.03. The zero-order chi connectivity index (χ0) is 23.1. The maximum atomic E-state index is 12.5. The molecule has 9 nitrogen and oxygen atoms in total. The van der Waals surface area contributed by atoms with Gasteiger partial charge in [-0.1, -0.05) is 24.8 Å². The monoisotopic (exact) mass is 442 g/mol. The smallest absolute Gasteiger partial charge is 0.250 e. The SMILES string of the molecule is C=CC(=O)N1CC(n2nc(-c3ccc(OC)c(OC)c3)c3c(N)ncnc32)c2ccccc21. The number of methoxy groups -OCH3 is 2. The van der Waals surface area contributed by atoms with Crippen LogP contribution in [0.3, 0.4) is 0 Å². The van der Waals surface area contributed by atoms with Crippen molar-refractivity contribution in [1.82, 2.24) is 19.7 Å². The van der Waals surface area contributed by atoms with Crippen LogP contribution >= 0.6 is 0 Å². The van der Waals surface area contributed by atoms with Gasteiger partial charge in [0, 0.05) is 16.8 Å². The van der Waals surface area contributed by atoms with Crippen LogP contribution in [-0.2, 0) is 4.79 Å². The summed E-state index contributed by atoms with van der Waals surface area (Å²) in [7, 11) is 3.16. The first-order valence-corrected chi connectivity index (χ1v) is 10.3. The fraction of sp³-hybridized carbons (Fsp3) is 0.167. The standard InChI is InChI=1S/C24H22N6O3/c1-4-20(31)29-12-17(15-7-5-6-8-16(15)29)30-24-21(23(25)26-13-27-24)22(28-30)14-9-10-18(32-2)19(11-14)33-3/h4-11,13,17H,1,12H2,2-3H3,(H2,25,26,27). The molecule has 0 spiro atoms. The summed E-state index contributed by atoms with van der Waals surface area (Å²) < 4.78 is 12.6. The van der Waals surface area contributed by atoms with Gasteiger partial charge < -0.3 is 20.1 Å². The number of nitrogens with two attached hydrogens (primary N) is 1. The van der Waals surface area contributed by atoms with Gasteiger partial charge in [-0.05, 0) is 30.3 Å². The summed E-state index contributed by atoms with van der Waals surface area (Å²) in [6, 6.07) is 13.0. The maximum absolute atomic E-state index is 12.5. The van der Waals surface area contributed by atoms with Gasteiger partial charge in [-0.25, -0.2) is 14.6 Å². The number of carbonyl (C=O) groups is 1. The van der Waals surface area contributed by atoms with E-state index in [-0.39, 0.29) is 11.9 Å². The number of benzene rings is 2. The lowest BCUT2D eigenvalue weighted by Gasteiger charge is -2.16. The average molecular weight is 442 g/mol. The Bertz CT molecular complexity index is 1400. The van der Waals surface area contributed by atoms with Gasteiger partial charge >= 0.3 is 0 Å². The van der Waals surface area contributed by atoms with E-state index in [1.54, 1.807) is 19.1 Å². The summed E-state index contributed by atoms with van der Waals surface area (Å²) in [5.74, 6) is 1.33. The molecule has 0 fully saturated rings. The zero-order valence-electron chi connectivity index (χ0n) is 18.2. The summed E-state index contributed by atoms with van der Waals surface area (Å²) in [5, 5.41) is 5.56. The fourth-order valence-electron chi connectivity index (χ4n) is 4.31. The molecule has 1 aliphatic rings. The number of aromatic nitrogens is 4. The molecule has 0 aliphatic carbocycles. The highest BCUT2D eigenvalue weighted by Gasteiger charge is 2.35. The topological polar surface area (TPSA) is 108 Å². The van der Waals surface area contributed by atoms with Crippen molar-refractivity contribution in [2.45, 2.75) is 6.04 Å². The maximum Gasteiger partial charge on any atom is 0.250 e. The Balaban J connectivity index is 1.72. The predicted molar refractivity (Wildman–Crippen MR) is 125 cm³/mol. The summed E-state index contributed by atoms with van der Waals surface area (Å²) in [5.41, 5.74) is 10.1. The van der Waals surface area contributed by atoms with E-state index in [9.17, 15) is 4.79 Å². The predicted octanol–water partition coefficient (Wildman–Crippen LogP) is 3.21. The van der Waals surface area contributed by atoms with Crippen molar-refractivity contribution >= 4 is 28.4 Å². The molecule has 5 rings (SSSR count). The first-order chi connectivity index (χ1) is 16.1. The molecule has 2 aromatic carbocycles. The summed E-state index contributed by atoms with van der Waals surface area (Å²) >= 11 is 0. The van der Waals surface area contributed by atoms with Crippen molar-refractivity contribution < 1.29 is 14.3 Å². The quantitative estimate of drug-likeness (QED) is 0.473. The number of rotatable bonds is 5. The van der Waals surface area contributed by atoms with E-state index >= 15 is 0 Å². The molecule has 2 N–H and O–H groups in total. The van der Waals surface area contributed by atoms with Crippen LogP contribution in [0.1, 0.15) is 11.6 Å². The number of nitrogens with zero attached hydrogens (tertiary/aromatic N) is 5. The number of hydrogen-bond donors (Lipinski definition) is 1. The number of hydrogen-bond acceptors (Lipinski definition) is 7. The van der Waals surface area contributed by atoms with Gasteiger partial charge in [0.1, 0.15) is 17.8 Å². The first-order valence-electron chi connectivity index (χ1n) is 10.3. The third-order valence-corrected chi connectivity index (χ3v) is 5.85. The molecule has 0 bridgehead atoms. The molecule has 33 heavy (non-hydrogen) atoms. The lowest BCUT2D eigenvalue weighted by molar-refractivity contribution is -0.114. The van der Waals surface area contributed by atoms with E-state index in [1.807, 2.05) is 47.1 Å². The number of amides is 1. The Kier molecular flexibility index (Phi) is 4.93. The molecule has 0 radical (unpaired) electrons. The number of fused-ring (bicyclic) bond motifs is 2. The van der Waals surface area contributed by atoms with E-state index < -0.39 is 0 Å². The minimum Gasteiger partial charge on any atom is -0.493 e. The van der Waals surface area contributed by atoms with Crippen LogP contribution in [0.25, 0.3) is 22.3 Å². The molecule has 1 aliphatic heterocycles. The van der Waals surface area contributed by atoms with E-state index in [4.69, 9.17) is 20.3 Å². The first kappa shape index (κ1) is 20.5. The zero-order valence-corrected chi connectivity index (χ0v) is 18.2. The lowest BCUT2D eigenvalue weighted by atomic mass is 10.1. The van der Waals surface area contributed by atoms with Gasteiger partial charge in [0.05, 0.1) is 32.2 Å². The summed E-state index contributed by atoms with van der Waals surface area (Å²) in [6.07, 6.45) is 2.73. The molecular formula is C24H22N6O3. The van der Waals surface area contributed by atoms with Gasteiger partial charge in [0.15, 0.2) is 17.1 Å². The third-order valence-electron chi connectivity index (χ3n) is 5.85. The van der Waals surface area contributed by atoms with Crippen molar-refractivity contribution in [3.63, 3.8) is 0 Å². The number of ether oxygens (including phenoxy) is 2. The van der Waals surface area contributed by atoms with Crippen molar-refractivity contribution in [1.29, 1.82) is 0 Å². The fourth-order valence-corrected chi connectivity index (χ4v) is 4.31. The number of anilines is 2. The van der Waals surface area contributed by atoms with E-state index in [2.05, 4.69) is 16.5 Å². The third kappa shape index (κ3) is 3.16. The molecule has 166 valence electrons. The highest BCUT2D eigenvalue weighted by Crippen LogP contribution is 2.41. The molecule has 4 aromatic rings. The lowest BCUT2D eigenvalue weighted by Crippen LogP contribution is -2.29. The van der Waals surface area contributed by atoms with Gasteiger partial charge in [-0.15, -0.1) is 0 Å². The Morgan fingerprint density at radius 2 is 1.94 bits per heavy atom. The van der Waals surface area contributed by atoms with E-state index in [1.165, 1.54) is 12.4 Å². The minimum absolute atomic E-state index is 0.171. The van der Waals surface area contributed by atoms with Crippen LogP contribution in [0.2, 0.25) is 0 Å².